The third kappa shape index (κ3) is 1.35. The third-order valence-corrected chi connectivity index (χ3v) is 3.01. The lowest BCUT2D eigenvalue weighted by molar-refractivity contribution is 1.50. The molecule has 13 heavy (non-hydrogen) atoms. The minimum absolute atomic E-state index is 0.504. The number of nitrogens with zero attached hydrogens (tertiary/aromatic N) is 1. The Hall–Kier alpha value is -1.24. The van der Waals surface area contributed by atoms with Gasteiger partial charge in [0.2, 0.25) is 0 Å². The van der Waals surface area contributed by atoms with Crippen LogP contribution in [0.25, 0.3) is 10.1 Å². The second-order valence-corrected chi connectivity index (χ2v) is 4.35. The lowest BCUT2D eigenvalue weighted by Crippen LogP contribution is -1.88. The number of thiophene rings is 1. The van der Waals surface area contributed by atoms with Crippen LogP contribution in [-0.2, 0) is 0 Å². The van der Waals surface area contributed by atoms with Crippen LogP contribution in [0.2, 0.25) is 4.34 Å². The smallest absolute Gasteiger partial charge is 0.101 e. The molecule has 0 atom stereocenters. The molecule has 0 aliphatic rings. The Kier molecular flexibility index (Phi) is 1.87. The first-order chi connectivity index (χ1) is 6.20. The summed E-state index contributed by atoms with van der Waals surface area (Å²) in [5.41, 5.74) is 6.66. The molecule has 0 bridgehead atoms. The van der Waals surface area contributed by atoms with Crippen molar-refractivity contribution in [1.82, 2.24) is 0 Å². The fourth-order valence-electron chi connectivity index (χ4n) is 1.17. The van der Waals surface area contributed by atoms with Gasteiger partial charge in [-0.15, -0.1) is 11.3 Å². The molecule has 1 aromatic heterocycles. The predicted molar refractivity (Wildman–Crippen MR) is 56.0 cm³/mol. The van der Waals surface area contributed by atoms with E-state index in [1.165, 1.54) is 11.3 Å². The van der Waals surface area contributed by atoms with E-state index < -0.39 is 0 Å². The fourth-order valence-corrected chi connectivity index (χ4v) is 2.34. The number of nitrogens with two attached hydrogens (primary N) is 1. The molecule has 0 fully saturated rings. The molecule has 2 rings (SSSR count). The van der Waals surface area contributed by atoms with Crippen molar-refractivity contribution in [2.45, 2.75) is 0 Å². The van der Waals surface area contributed by atoms with E-state index in [0.29, 0.717) is 15.6 Å². The zero-order valence-electron chi connectivity index (χ0n) is 6.54. The third-order valence-electron chi connectivity index (χ3n) is 1.78. The SMILES string of the molecule is N#Cc1cc2sc(Cl)cc2cc1N. The van der Waals surface area contributed by atoms with E-state index in [4.69, 9.17) is 22.6 Å². The van der Waals surface area contributed by atoms with Crippen LogP contribution >= 0.6 is 22.9 Å². The topological polar surface area (TPSA) is 49.8 Å². The molecule has 0 aliphatic carbocycles. The first-order valence-electron chi connectivity index (χ1n) is 3.59. The largest absolute Gasteiger partial charge is 0.398 e. The lowest BCUT2D eigenvalue weighted by atomic mass is 10.1. The van der Waals surface area contributed by atoms with Gasteiger partial charge in [-0.05, 0) is 23.6 Å². The van der Waals surface area contributed by atoms with E-state index in [1.807, 2.05) is 12.1 Å². The van der Waals surface area contributed by atoms with Gasteiger partial charge in [0.25, 0.3) is 0 Å². The molecule has 1 heterocycles. The van der Waals surface area contributed by atoms with Crippen LogP contribution in [0.5, 0.6) is 0 Å². The Morgan fingerprint density at radius 1 is 1.38 bits per heavy atom. The Labute approximate surface area is 84.2 Å². The van der Waals surface area contributed by atoms with E-state index in [1.54, 1.807) is 12.1 Å². The van der Waals surface area contributed by atoms with Crippen LogP contribution < -0.4 is 5.73 Å². The lowest BCUT2D eigenvalue weighted by Gasteiger charge is -1.95. The molecule has 0 amide bonds. The van der Waals surface area contributed by atoms with Crippen molar-refractivity contribution in [2.75, 3.05) is 5.73 Å². The van der Waals surface area contributed by atoms with Gasteiger partial charge < -0.3 is 5.73 Å². The molecule has 2 aromatic rings. The van der Waals surface area contributed by atoms with Gasteiger partial charge in [0.1, 0.15) is 6.07 Å². The Bertz CT molecular complexity index is 510. The molecule has 0 saturated heterocycles. The normalized spacial score (nSPS) is 10.2. The van der Waals surface area contributed by atoms with Gasteiger partial charge in [0.05, 0.1) is 15.6 Å². The second kappa shape index (κ2) is 2.91. The van der Waals surface area contributed by atoms with E-state index in [-0.39, 0.29) is 0 Å². The standard InChI is InChI=1S/C9H5ClN2S/c10-9-3-5-1-7(12)6(4-11)2-8(5)13-9/h1-3H,12H2. The average molecular weight is 209 g/mol. The number of rotatable bonds is 0. The molecule has 0 spiro atoms. The van der Waals surface area contributed by atoms with Crippen molar-refractivity contribution in [1.29, 1.82) is 5.26 Å². The molecular formula is C9H5ClN2S. The van der Waals surface area contributed by atoms with Gasteiger partial charge in [0.15, 0.2) is 0 Å². The molecule has 64 valence electrons. The van der Waals surface area contributed by atoms with Crippen LogP contribution in [0, 0.1) is 11.3 Å². The minimum Gasteiger partial charge on any atom is -0.398 e. The number of benzene rings is 1. The average Bonchev–Trinajstić information content (AvgIpc) is 2.42. The van der Waals surface area contributed by atoms with Gasteiger partial charge in [-0.2, -0.15) is 5.26 Å². The molecule has 0 unspecified atom stereocenters. The van der Waals surface area contributed by atoms with Gasteiger partial charge in [0, 0.05) is 4.70 Å². The maximum Gasteiger partial charge on any atom is 0.101 e. The monoisotopic (exact) mass is 208 g/mol. The Balaban J connectivity index is 2.82. The summed E-state index contributed by atoms with van der Waals surface area (Å²) in [5, 5.41) is 9.72. The van der Waals surface area contributed by atoms with E-state index >= 15 is 0 Å². The zero-order chi connectivity index (χ0) is 9.42. The van der Waals surface area contributed by atoms with Crippen LogP contribution in [0.1, 0.15) is 5.56 Å². The fraction of sp³-hybridized carbons (Fsp3) is 0. The number of halogens is 1. The number of fused-ring (bicyclic) bond motifs is 1. The maximum absolute atomic E-state index is 8.73. The minimum atomic E-state index is 0.504. The summed E-state index contributed by atoms with van der Waals surface area (Å²) < 4.78 is 1.71. The van der Waals surface area contributed by atoms with Crippen LogP contribution in [0.3, 0.4) is 0 Å². The Morgan fingerprint density at radius 2 is 2.15 bits per heavy atom. The maximum atomic E-state index is 8.73. The van der Waals surface area contributed by atoms with Gasteiger partial charge in [-0.1, -0.05) is 11.6 Å². The number of nitriles is 1. The first-order valence-corrected chi connectivity index (χ1v) is 4.79. The number of hydrogen-bond donors (Lipinski definition) is 1. The summed E-state index contributed by atoms with van der Waals surface area (Å²) in [6.07, 6.45) is 0. The highest BCUT2D eigenvalue weighted by molar-refractivity contribution is 7.22. The molecule has 0 saturated carbocycles. The molecular weight excluding hydrogens is 204 g/mol. The van der Waals surface area contributed by atoms with Gasteiger partial charge in [-0.3, -0.25) is 0 Å². The summed E-state index contributed by atoms with van der Waals surface area (Å²) in [5.74, 6) is 0. The van der Waals surface area contributed by atoms with Crippen molar-refractivity contribution in [2.24, 2.45) is 0 Å². The zero-order valence-corrected chi connectivity index (χ0v) is 8.12. The summed E-state index contributed by atoms with van der Waals surface area (Å²) in [6.45, 7) is 0. The quantitative estimate of drug-likeness (QED) is 0.677. The molecule has 2 nitrogen and oxygen atoms in total. The molecule has 1 aromatic carbocycles. The summed E-state index contributed by atoms with van der Waals surface area (Å²) in [6, 6.07) is 7.42. The Morgan fingerprint density at radius 3 is 2.85 bits per heavy atom. The summed E-state index contributed by atoms with van der Waals surface area (Å²) in [7, 11) is 0. The van der Waals surface area contributed by atoms with Crippen LogP contribution in [0.4, 0.5) is 5.69 Å². The second-order valence-electron chi connectivity index (χ2n) is 2.64. The van der Waals surface area contributed by atoms with E-state index in [9.17, 15) is 0 Å². The molecule has 0 aliphatic heterocycles. The van der Waals surface area contributed by atoms with Crippen molar-refractivity contribution in [3.63, 3.8) is 0 Å². The number of nitrogen functional groups attached to an aromatic ring is 1. The molecule has 4 heteroatoms. The predicted octanol–water partition coefficient (Wildman–Crippen LogP) is 3.01. The highest BCUT2D eigenvalue weighted by atomic mass is 35.5. The first kappa shape index (κ1) is 8.36. The highest BCUT2D eigenvalue weighted by Crippen LogP contribution is 2.32. The van der Waals surface area contributed by atoms with E-state index in [0.717, 1.165) is 10.1 Å². The van der Waals surface area contributed by atoms with Crippen molar-refractivity contribution >= 4 is 38.7 Å². The van der Waals surface area contributed by atoms with Crippen molar-refractivity contribution in [3.05, 3.63) is 28.1 Å². The highest BCUT2D eigenvalue weighted by Gasteiger charge is 2.04. The summed E-state index contributed by atoms with van der Waals surface area (Å²) >= 11 is 7.27. The van der Waals surface area contributed by atoms with Crippen LogP contribution in [0.15, 0.2) is 18.2 Å². The summed E-state index contributed by atoms with van der Waals surface area (Å²) in [4.78, 5) is 0. The van der Waals surface area contributed by atoms with Crippen molar-refractivity contribution < 1.29 is 0 Å². The number of anilines is 1. The van der Waals surface area contributed by atoms with Crippen LogP contribution in [-0.4, -0.2) is 0 Å². The van der Waals surface area contributed by atoms with Gasteiger partial charge in [-0.25, -0.2) is 0 Å². The molecule has 2 N–H and O–H groups in total. The van der Waals surface area contributed by atoms with Gasteiger partial charge >= 0.3 is 0 Å². The van der Waals surface area contributed by atoms with Crippen molar-refractivity contribution in [3.8, 4) is 6.07 Å². The van der Waals surface area contributed by atoms with E-state index in [2.05, 4.69) is 0 Å². The number of hydrogen-bond acceptors (Lipinski definition) is 3. The molecule has 0 radical (unpaired) electrons.